The Balaban J connectivity index is 1.20. The molecule has 0 amide bonds. The van der Waals surface area contributed by atoms with Crippen LogP contribution in [0.1, 0.15) is 24.8 Å². The quantitative estimate of drug-likeness (QED) is 0.412. The predicted octanol–water partition coefficient (Wildman–Crippen LogP) is 4.82. The van der Waals surface area contributed by atoms with Crippen LogP contribution in [0.15, 0.2) is 42.5 Å². The van der Waals surface area contributed by atoms with Crippen LogP contribution in [0.2, 0.25) is 5.02 Å². The molecule has 1 aliphatic heterocycles. The van der Waals surface area contributed by atoms with E-state index in [0.29, 0.717) is 6.61 Å². The largest absolute Gasteiger partial charge is 0.494 e. The molecule has 1 N–H and O–H groups in total. The molecule has 2 atom stereocenters. The van der Waals surface area contributed by atoms with Crippen molar-refractivity contribution >= 4 is 33.2 Å². The topological polar surface area (TPSA) is 58.1 Å². The molecule has 0 bridgehead atoms. The Labute approximate surface area is 204 Å². The summed E-state index contributed by atoms with van der Waals surface area (Å²) in [7, 11) is 0. The molecule has 0 radical (unpaired) electrons. The van der Waals surface area contributed by atoms with E-state index in [9.17, 15) is 5.11 Å². The molecule has 0 aliphatic carbocycles. The average Bonchev–Trinajstić information content (AvgIpc) is 3.18. The lowest BCUT2D eigenvalue weighted by atomic mass is 10.2. The van der Waals surface area contributed by atoms with Crippen molar-refractivity contribution in [2.45, 2.75) is 39.0 Å². The number of hydrogen-bond acceptors (Lipinski definition) is 7. The maximum atomic E-state index is 10.4. The van der Waals surface area contributed by atoms with Crippen LogP contribution < -0.4 is 9.47 Å². The van der Waals surface area contributed by atoms with Crippen LogP contribution in [0.3, 0.4) is 0 Å². The SMILES string of the molecule is Cc1nc2cc(OC([C@@H](C)O)N3CCN(CCCCOc4ccc(Cl)cc4)CC3)ccc2s1. The first-order chi connectivity index (χ1) is 16.0. The van der Waals surface area contributed by atoms with Crippen molar-refractivity contribution < 1.29 is 14.6 Å². The minimum atomic E-state index is -0.588. The molecule has 33 heavy (non-hydrogen) atoms. The number of hydrogen-bond donors (Lipinski definition) is 1. The molecule has 178 valence electrons. The van der Waals surface area contributed by atoms with Gasteiger partial charge in [-0.25, -0.2) is 4.98 Å². The fourth-order valence-corrected chi connectivity index (χ4v) is 5.05. The summed E-state index contributed by atoms with van der Waals surface area (Å²) in [5.74, 6) is 1.61. The van der Waals surface area contributed by atoms with Gasteiger partial charge in [0.15, 0.2) is 6.23 Å². The maximum absolute atomic E-state index is 10.4. The summed E-state index contributed by atoms with van der Waals surface area (Å²) in [6, 6.07) is 13.5. The minimum absolute atomic E-state index is 0.364. The van der Waals surface area contributed by atoms with Gasteiger partial charge in [0.05, 0.1) is 21.8 Å². The molecular weight excluding hydrogens is 458 g/mol. The van der Waals surface area contributed by atoms with Crippen LogP contribution >= 0.6 is 22.9 Å². The van der Waals surface area contributed by atoms with Crippen molar-refractivity contribution in [3.05, 3.63) is 52.5 Å². The van der Waals surface area contributed by atoms with Gasteiger partial charge >= 0.3 is 0 Å². The summed E-state index contributed by atoms with van der Waals surface area (Å²) >= 11 is 7.58. The zero-order valence-corrected chi connectivity index (χ0v) is 20.8. The molecular formula is C25H32ClN3O3S. The predicted molar refractivity (Wildman–Crippen MR) is 135 cm³/mol. The Morgan fingerprint density at radius 2 is 1.79 bits per heavy atom. The van der Waals surface area contributed by atoms with Crippen molar-refractivity contribution in [2.24, 2.45) is 0 Å². The molecule has 2 aromatic carbocycles. The lowest BCUT2D eigenvalue weighted by molar-refractivity contribution is -0.0745. The molecule has 8 heteroatoms. The van der Waals surface area contributed by atoms with Crippen molar-refractivity contribution in [3.8, 4) is 11.5 Å². The number of fused-ring (bicyclic) bond motifs is 1. The number of ether oxygens (including phenoxy) is 2. The summed E-state index contributed by atoms with van der Waals surface area (Å²) in [4.78, 5) is 9.26. The second-order valence-electron chi connectivity index (χ2n) is 8.50. The molecule has 6 nitrogen and oxygen atoms in total. The standard InChI is InChI=1S/C25H32ClN3O3S/c1-18(30)25(32-22-9-10-24-23(17-22)27-19(2)33-24)29-14-12-28(13-15-29)11-3-4-16-31-21-7-5-20(26)6-8-21/h5-10,17-18,25,30H,3-4,11-16H2,1-2H3/t18-,25?/m1/s1. The highest BCUT2D eigenvalue weighted by atomic mass is 35.5. The number of aliphatic hydroxyl groups is 1. The third-order valence-electron chi connectivity index (χ3n) is 5.85. The van der Waals surface area contributed by atoms with Gasteiger partial charge in [-0.2, -0.15) is 0 Å². The van der Waals surface area contributed by atoms with Crippen LogP contribution in [0.4, 0.5) is 0 Å². The van der Waals surface area contributed by atoms with Gasteiger partial charge in [0, 0.05) is 37.3 Å². The first-order valence-corrected chi connectivity index (χ1v) is 12.7. The monoisotopic (exact) mass is 489 g/mol. The molecule has 0 spiro atoms. The number of aromatic nitrogens is 1. The van der Waals surface area contributed by atoms with E-state index in [4.69, 9.17) is 21.1 Å². The molecule has 1 fully saturated rings. The summed E-state index contributed by atoms with van der Waals surface area (Å²) in [6.45, 7) is 9.24. The van der Waals surface area contributed by atoms with Crippen LogP contribution in [0.25, 0.3) is 10.2 Å². The van der Waals surface area contributed by atoms with Gasteiger partial charge in [-0.05, 0) is 69.6 Å². The number of thiazole rings is 1. The van der Waals surface area contributed by atoms with Crippen molar-refractivity contribution in [3.63, 3.8) is 0 Å². The smallest absolute Gasteiger partial charge is 0.178 e. The van der Waals surface area contributed by atoms with Gasteiger partial charge in [0.2, 0.25) is 0 Å². The zero-order chi connectivity index (χ0) is 23.2. The highest BCUT2D eigenvalue weighted by molar-refractivity contribution is 7.18. The van der Waals surface area contributed by atoms with Gasteiger partial charge in [0.25, 0.3) is 0 Å². The fourth-order valence-electron chi connectivity index (χ4n) is 4.11. The third kappa shape index (κ3) is 6.80. The first kappa shape index (κ1) is 24.2. The number of benzene rings is 2. The van der Waals surface area contributed by atoms with E-state index in [1.165, 1.54) is 0 Å². The number of nitrogens with zero attached hydrogens (tertiary/aromatic N) is 3. The third-order valence-corrected chi connectivity index (χ3v) is 7.06. The van der Waals surface area contributed by atoms with Gasteiger partial charge in [-0.3, -0.25) is 4.90 Å². The van der Waals surface area contributed by atoms with E-state index in [1.807, 2.05) is 49.4 Å². The number of rotatable bonds is 10. The Bertz CT molecular complexity index is 1020. The highest BCUT2D eigenvalue weighted by Crippen LogP contribution is 2.27. The van der Waals surface area contributed by atoms with Gasteiger partial charge in [-0.1, -0.05) is 11.6 Å². The van der Waals surface area contributed by atoms with E-state index in [1.54, 1.807) is 18.3 Å². The summed E-state index contributed by atoms with van der Waals surface area (Å²) in [5, 5.41) is 12.2. The second-order valence-corrected chi connectivity index (χ2v) is 10.2. The molecule has 1 saturated heterocycles. The maximum Gasteiger partial charge on any atom is 0.178 e. The minimum Gasteiger partial charge on any atom is -0.494 e. The van der Waals surface area contributed by atoms with Gasteiger partial charge in [-0.15, -0.1) is 11.3 Å². The second kappa shape index (κ2) is 11.5. The molecule has 1 unspecified atom stereocenters. The van der Waals surface area contributed by atoms with Gasteiger partial charge < -0.3 is 19.5 Å². The van der Waals surface area contributed by atoms with Crippen molar-refractivity contribution in [2.75, 3.05) is 39.3 Å². The average molecular weight is 490 g/mol. The van der Waals surface area contributed by atoms with Gasteiger partial charge in [0.1, 0.15) is 17.6 Å². The molecule has 1 aromatic heterocycles. The zero-order valence-electron chi connectivity index (χ0n) is 19.2. The molecule has 4 rings (SSSR count). The Morgan fingerprint density at radius 3 is 2.52 bits per heavy atom. The van der Waals surface area contributed by atoms with Crippen LogP contribution in [-0.4, -0.2) is 71.6 Å². The molecule has 1 aliphatic rings. The van der Waals surface area contributed by atoms with Crippen LogP contribution in [0.5, 0.6) is 11.5 Å². The summed E-state index contributed by atoms with van der Waals surface area (Å²) in [6.07, 6.45) is 1.16. The lowest BCUT2D eigenvalue weighted by Gasteiger charge is -2.40. The number of aryl methyl sites for hydroxylation is 1. The van der Waals surface area contributed by atoms with E-state index in [0.717, 1.165) is 77.3 Å². The molecule has 2 heterocycles. The number of halogens is 1. The van der Waals surface area contributed by atoms with Crippen LogP contribution in [-0.2, 0) is 0 Å². The van der Waals surface area contributed by atoms with E-state index >= 15 is 0 Å². The number of piperazine rings is 1. The first-order valence-electron chi connectivity index (χ1n) is 11.5. The van der Waals surface area contributed by atoms with E-state index in [-0.39, 0.29) is 6.23 Å². The Hall–Kier alpha value is -1.90. The molecule has 0 saturated carbocycles. The van der Waals surface area contributed by atoms with E-state index < -0.39 is 6.10 Å². The number of unbranched alkanes of at least 4 members (excludes halogenated alkanes) is 1. The normalized spacial score (nSPS) is 17.2. The molecule has 3 aromatic rings. The highest BCUT2D eigenvalue weighted by Gasteiger charge is 2.28. The lowest BCUT2D eigenvalue weighted by Crippen LogP contribution is -2.55. The Kier molecular flexibility index (Phi) is 8.44. The fraction of sp³-hybridized carbons (Fsp3) is 0.480. The van der Waals surface area contributed by atoms with E-state index in [2.05, 4.69) is 14.8 Å². The Morgan fingerprint density at radius 1 is 1.06 bits per heavy atom. The summed E-state index contributed by atoms with van der Waals surface area (Å²) in [5.41, 5.74) is 0.948. The summed E-state index contributed by atoms with van der Waals surface area (Å²) < 4.78 is 13.2. The van der Waals surface area contributed by atoms with Crippen LogP contribution in [0, 0.1) is 6.92 Å². The number of aliphatic hydroxyl groups excluding tert-OH is 1. The van der Waals surface area contributed by atoms with Crippen molar-refractivity contribution in [1.82, 2.24) is 14.8 Å². The van der Waals surface area contributed by atoms with Crippen molar-refractivity contribution in [1.29, 1.82) is 0 Å².